The van der Waals surface area contributed by atoms with Crippen LogP contribution in [0.25, 0.3) is 0 Å². The van der Waals surface area contributed by atoms with Gasteiger partial charge in [0.05, 0.1) is 12.6 Å². The van der Waals surface area contributed by atoms with Crippen LogP contribution in [0.3, 0.4) is 0 Å². The summed E-state index contributed by atoms with van der Waals surface area (Å²) in [6.07, 6.45) is 0. The van der Waals surface area contributed by atoms with Crippen molar-refractivity contribution < 1.29 is 5.11 Å². The molecule has 88 valence electrons. The van der Waals surface area contributed by atoms with Crippen molar-refractivity contribution in [1.29, 1.82) is 0 Å². The molecular formula is C14H14ClNO. The molecular weight excluding hydrogens is 234 g/mol. The van der Waals surface area contributed by atoms with Crippen LogP contribution in [-0.4, -0.2) is 11.7 Å². The maximum Gasteiger partial charge on any atom is 0.0745 e. The molecule has 17 heavy (non-hydrogen) atoms. The highest BCUT2D eigenvalue weighted by atomic mass is 35.5. The summed E-state index contributed by atoms with van der Waals surface area (Å²) in [5.41, 5.74) is 1.95. The minimum Gasteiger partial charge on any atom is -0.394 e. The van der Waals surface area contributed by atoms with Gasteiger partial charge < -0.3 is 10.4 Å². The summed E-state index contributed by atoms with van der Waals surface area (Å²) < 4.78 is 0. The fourth-order valence-electron chi connectivity index (χ4n) is 1.69. The standard InChI is InChI=1S/C14H14ClNO/c15-12-6-4-5-11(9-12)14(10-17)16-13-7-2-1-3-8-13/h1-9,14,16-17H,10H2. The molecule has 0 heterocycles. The number of halogens is 1. The van der Waals surface area contributed by atoms with Gasteiger partial charge in [-0.05, 0) is 29.8 Å². The van der Waals surface area contributed by atoms with E-state index in [4.69, 9.17) is 11.6 Å². The number of aliphatic hydroxyl groups is 1. The molecule has 0 aromatic heterocycles. The number of hydrogen-bond donors (Lipinski definition) is 2. The first-order valence-electron chi connectivity index (χ1n) is 5.47. The Balaban J connectivity index is 2.17. The molecule has 2 rings (SSSR count). The van der Waals surface area contributed by atoms with E-state index in [0.29, 0.717) is 5.02 Å². The Morgan fingerprint density at radius 3 is 2.47 bits per heavy atom. The minimum absolute atomic E-state index is 0.0231. The van der Waals surface area contributed by atoms with Gasteiger partial charge in [0.25, 0.3) is 0 Å². The van der Waals surface area contributed by atoms with E-state index in [1.54, 1.807) is 0 Å². The second-order valence-corrected chi connectivity index (χ2v) is 4.24. The predicted molar refractivity (Wildman–Crippen MR) is 71.3 cm³/mol. The molecule has 0 fully saturated rings. The van der Waals surface area contributed by atoms with Crippen LogP contribution in [0.4, 0.5) is 5.69 Å². The lowest BCUT2D eigenvalue weighted by molar-refractivity contribution is 0.276. The number of benzene rings is 2. The highest BCUT2D eigenvalue weighted by Crippen LogP contribution is 2.21. The first-order valence-corrected chi connectivity index (χ1v) is 5.85. The Hall–Kier alpha value is -1.51. The van der Waals surface area contributed by atoms with E-state index in [-0.39, 0.29) is 12.6 Å². The van der Waals surface area contributed by atoms with Crippen LogP contribution in [0.15, 0.2) is 54.6 Å². The van der Waals surface area contributed by atoms with E-state index >= 15 is 0 Å². The monoisotopic (exact) mass is 247 g/mol. The van der Waals surface area contributed by atoms with Gasteiger partial charge in [-0.15, -0.1) is 0 Å². The summed E-state index contributed by atoms with van der Waals surface area (Å²) in [6.45, 7) is 0.0231. The molecule has 0 spiro atoms. The van der Waals surface area contributed by atoms with Gasteiger partial charge in [0.1, 0.15) is 0 Å². The largest absolute Gasteiger partial charge is 0.394 e. The van der Waals surface area contributed by atoms with Crippen LogP contribution in [0.2, 0.25) is 5.02 Å². The smallest absolute Gasteiger partial charge is 0.0745 e. The lowest BCUT2D eigenvalue weighted by Gasteiger charge is -2.18. The third-order valence-corrected chi connectivity index (χ3v) is 2.78. The van der Waals surface area contributed by atoms with Crippen molar-refractivity contribution in [2.45, 2.75) is 6.04 Å². The van der Waals surface area contributed by atoms with E-state index < -0.39 is 0 Å². The summed E-state index contributed by atoms with van der Waals surface area (Å²) in [7, 11) is 0. The summed E-state index contributed by atoms with van der Waals surface area (Å²) in [5, 5.41) is 13.4. The molecule has 0 aliphatic rings. The van der Waals surface area contributed by atoms with Crippen molar-refractivity contribution in [2.75, 3.05) is 11.9 Å². The zero-order valence-corrected chi connectivity index (χ0v) is 10.1. The van der Waals surface area contributed by atoms with Crippen molar-refractivity contribution in [2.24, 2.45) is 0 Å². The molecule has 1 unspecified atom stereocenters. The molecule has 2 aromatic rings. The minimum atomic E-state index is -0.143. The first-order chi connectivity index (χ1) is 8.29. The summed E-state index contributed by atoms with van der Waals surface area (Å²) >= 11 is 5.94. The number of aliphatic hydroxyl groups excluding tert-OH is 1. The highest BCUT2D eigenvalue weighted by Gasteiger charge is 2.09. The molecule has 1 atom stereocenters. The molecule has 2 nitrogen and oxygen atoms in total. The third-order valence-electron chi connectivity index (χ3n) is 2.55. The highest BCUT2D eigenvalue weighted by molar-refractivity contribution is 6.30. The van der Waals surface area contributed by atoms with Gasteiger partial charge in [0.2, 0.25) is 0 Å². The molecule has 0 saturated heterocycles. The molecule has 0 saturated carbocycles. The van der Waals surface area contributed by atoms with Gasteiger partial charge in [-0.2, -0.15) is 0 Å². The third kappa shape index (κ3) is 3.22. The number of para-hydroxylation sites is 1. The number of rotatable bonds is 4. The Bertz CT molecular complexity index is 473. The molecule has 0 aliphatic carbocycles. The normalized spacial score (nSPS) is 12.1. The first kappa shape index (κ1) is 12.0. The molecule has 0 aliphatic heterocycles. The Kier molecular flexibility index (Phi) is 4.02. The summed E-state index contributed by atoms with van der Waals surface area (Å²) in [6, 6.07) is 17.2. The Morgan fingerprint density at radius 2 is 1.82 bits per heavy atom. The number of hydrogen-bond acceptors (Lipinski definition) is 2. The van der Waals surface area contributed by atoms with Crippen LogP contribution in [0.1, 0.15) is 11.6 Å². The van der Waals surface area contributed by atoms with E-state index in [0.717, 1.165) is 11.3 Å². The van der Waals surface area contributed by atoms with Gasteiger partial charge in [-0.3, -0.25) is 0 Å². The van der Waals surface area contributed by atoms with Crippen LogP contribution in [0, 0.1) is 0 Å². The number of nitrogens with one attached hydrogen (secondary N) is 1. The maximum absolute atomic E-state index is 9.43. The SMILES string of the molecule is OCC(Nc1ccccc1)c1cccc(Cl)c1. The quantitative estimate of drug-likeness (QED) is 0.867. The van der Waals surface area contributed by atoms with Gasteiger partial charge in [0.15, 0.2) is 0 Å². The van der Waals surface area contributed by atoms with Crippen molar-refractivity contribution in [1.82, 2.24) is 0 Å². The van der Waals surface area contributed by atoms with Gasteiger partial charge in [0, 0.05) is 10.7 Å². The van der Waals surface area contributed by atoms with Crippen LogP contribution in [0.5, 0.6) is 0 Å². The lowest BCUT2D eigenvalue weighted by atomic mass is 10.1. The molecule has 0 radical (unpaired) electrons. The number of anilines is 1. The van der Waals surface area contributed by atoms with E-state index in [1.807, 2.05) is 54.6 Å². The fourth-order valence-corrected chi connectivity index (χ4v) is 1.89. The molecule has 2 N–H and O–H groups in total. The van der Waals surface area contributed by atoms with Gasteiger partial charge in [-0.1, -0.05) is 41.9 Å². The van der Waals surface area contributed by atoms with Crippen LogP contribution >= 0.6 is 11.6 Å². The molecule has 0 bridgehead atoms. The average molecular weight is 248 g/mol. The summed E-state index contributed by atoms with van der Waals surface area (Å²) in [5.74, 6) is 0. The molecule has 0 amide bonds. The van der Waals surface area contributed by atoms with E-state index in [9.17, 15) is 5.11 Å². The van der Waals surface area contributed by atoms with Crippen LogP contribution in [-0.2, 0) is 0 Å². The van der Waals surface area contributed by atoms with Crippen molar-refractivity contribution in [3.8, 4) is 0 Å². The average Bonchev–Trinajstić information content (AvgIpc) is 2.37. The Morgan fingerprint density at radius 1 is 1.06 bits per heavy atom. The zero-order valence-electron chi connectivity index (χ0n) is 9.31. The van der Waals surface area contributed by atoms with Crippen molar-refractivity contribution in [3.63, 3.8) is 0 Å². The predicted octanol–water partition coefficient (Wildman–Crippen LogP) is 3.49. The Labute approximate surface area is 106 Å². The van der Waals surface area contributed by atoms with Crippen LogP contribution < -0.4 is 5.32 Å². The van der Waals surface area contributed by atoms with Crippen molar-refractivity contribution >= 4 is 17.3 Å². The fraction of sp³-hybridized carbons (Fsp3) is 0.143. The zero-order chi connectivity index (χ0) is 12.1. The summed E-state index contributed by atoms with van der Waals surface area (Å²) in [4.78, 5) is 0. The maximum atomic E-state index is 9.43. The molecule has 2 aromatic carbocycles. The van der Waals surface area contributed by atoms with Crippen molar-refractivity contribution in [3.05, 3.63) is 65.2 Å². The van der Waals surface area contributed by atoms with Gasteiger partial charge >= 0.3 is 0 Å². The van der Waals surface area contributed by atoms with E-state index in [1.165, 1.54) is 0 Å². The molecule has 3 heteroatoms. The topological polar surface area (TPSA) is 32.3 Å². The second kappa shape index (κ2) is 5.71. The van der Waals surface area contributed by atoms with Gasteiger partial charge in [-0.25, -0.2) is 0 Å². The van der Waals surface area contributed by atoms with E-state index in [2.05, 4.69) is 5.32 Å². The second-order valence-electron chi connectivity index (χ2n) is 3.80. The lowest BCUT2D eigenvalue weighted by Crippen LogP contribution is -2.14.